The summed E-state index contributed by atoms with van der Waals surface area (Å²) in [5, 5.41) is 10.7. The first-order chi connectivity index (χ1) is 16.5. The Morgan fingerprint density at radius 1 is 1.06 bits per heavy atom. The molecular weight excluding hydrogens is 432 g/mol. The van der Waals surface area contributed by atoms with Gasteiger partial charge in [0.1, 0.15) is 12.4 Å². The van der Waals surface area contributed by atoms with Crippen LogP contribution in [0.2, 0.25) is 0 Å². The van der Waals surface area contributed by atoms with Gasteiger partial charge in [0.2, 0.25) is 5.78 Å². The number of hydrogen-bond acceptors (Lipinski definition) is 6. The molecular formula is C27H28N2O5. The van der Waals surface area contributed by atoms with Gasteiger partial charge >= 0.3 is 0 Å². The minimum absolute atomic E-state index is 0.0303. The Labute approximate surface area is 198 Å². The maximum absolute atomic E-state index is 13.2. The molecule has 0 fully saturated rings. The first-order valence-electron chi connectivity index (χ1n) is 11.2. The molecule has 4 rings (SSSR count). The molecule has 0 unspecified atom stereocenters. The van der Waals surface area contributed by atoms with Gasteiger partial charge in [0.05, 0.1) is 17.9 Å². The second kappa shape index (κ2) is 10.4. The van der Waals surface area contributed by atoms with Crippen molar-refractivity contribution in [2.24, 2.45) is 0 Å². The van der Waals surface area contributed by atoms with Crippen molar-refractivity contribution < 1.29 is 23.8 Å². The van der Waals surface area contributed by atoms with Crippen molar-refractivity contribution in [2.45, 2.75) is 19.1 Å². The number of Topliss-reactive ketones (excluding diaryl/α,β-unsaturated/α-hetero) is 1. The molecule has 7 nitrogen and oxygen atoms in total. The molecule has 1 atom stereocenters. The van der Waals surface area contributed by atoms with Crippen molar-refractivity contribution in [1.82, 2.24) is 9.80 Å². The number of ether oxygens (including phenoxy) is 1. The van der Waals surface area contributed by atoms with Gasteiger partial charge in [-0.15, -0.1) is 0 Å². The zero-order valence-corrected chi connectivity index (χ0v) is 19.3. The summed E-state index contributed by atoms with van der Waals surface area (Å²) in [7, 11) is 3.91. The van der Waals surface area contributed by atoms with Crippen LogP contribution in [0.1, 0.15) is 34.1 Å². The highest BCUT2D eigenvalue weighted by atomic mass is 16.5. The summed E-state index contributed by atoms with van der Waals surface area (Å²) >= 11 is 0. The summed E-state index contributed by atoms with van der Waals surface area (Å²) in [6, 6.07) is 19.5. The Morgan fingerprint density at radius 3 is 2.44 bits per heavy atom. The van der Waals surface area contributed by atoms with Crippen LogP contribution in [0, 0.1) is 0 Å². The van der Waals surface area contributed by atoms with Crippen molar-refractivity contribution >= 4 is 11.7 Å². The maximum Gasteiger partial charge on any atom is 0.290 e. The number of rotatable bonds is 10. The van der Waals surface area contributed by atoms with Crippen LogP contribution in [0.3, 0.4) is 0 Å². The number of carbonyl (C=O) groups is 2. The molecule has 0 aliphatic carbocycles. The van der Waals surface area contributed by atoms with E-state index >= 15 is 0 Å². The van der Waals surface area contributed by atoms with Crippen molar-refractivity contribution in [2.75, 3.05) is 27.2 Å². The van der Waals surface area contributed by atoms with Gasteiger partial charge in [-0.25, -0.2) is 0 Å². The number of hydrogen-bond donors (Lipinski definition) is 1. The minimum Gasteiger partial charge on any atom is -0.503 e. The molecule has 1 N–H and O–H groups in total. The fourth-order valence-corrected chi connectivity index (χ4v) is 4.05. The minimum atomic E-state index is -0.713. The van der Waals surface area contributed by atoms with Gasteiger partial charge in [0.25, 0.3) is 5.91 Å². The number of aliphatic hydroxyl groups is 1. The van der Waals surface area contributed by atoms with E-state index in [1.165, 1.54) is 12.3 Å². The third kappa shape index (κ3) is 5.05. The van der Waals surface area contributed by atoms with Gasteiger partial charge in [-0.3, -0.25) is 9.59 Å². The number of furan rings is 1. The lowest BCUT2D eigenvalue weighted by molar-refractivity contribution is -0.129. The Bertz CT molecular complexity index is 1150. The standard InChI is InChI=1S/C27H28N2O5/c1-28(2)15-7-16-29-24(23(26(31)27(29)32)25(30)22-10-6-17-33-22)20-11-13-21(14-12-20)34-18-19-8-4-3-5-9-19/h3-6,8-14,17,24,31H,7,15-16,18H2,1-2H3/t24-/m0/s1. The van der Waals surface area contributed by atoms with E-state index in [0.29, 0.717) is 30.9 Å². The van der Waals surface area contributed by atoms with E-state index in [9.17, 15) is 14.7 Å². The summed E-state index contributed by atoms with van der Waals surface area (Å²) in [6.07, 6.45) is 2.09. The molecule has 1 amide bonds. The van der Waals surface area contributed by atoms with E-state index in [-0.39, 0.29) is 11.3 Å². The van der Waals surface area contributed by atoms with E-state index in [0.717, 1.165) is 12.1 Å². The third-order valence-electron chi connectivity index (χ3n) is 5.74. The Balaban J connectivity index is 1.59. The molecule has 3 aromatic rings. The molecule has 2 aromatic carbocycles. The average molecular weight is 461 g/mol. The number of carbonyl (C=O) groups excluding carboxylic acids is 2. The quantitative estimate of drug-likeness (QED) is 0.452. The smallest absolute Gasteiger partial charge is 0.290 e. The average Bonchev–Trinajstić information content (AvgIpc) is 3.46. The molecule has 0 radical (unpaired) electrons. The number of benzene rings is 2. The van der Waals surface area contributed by atoms with Crippen LogP contribution in [-0.2, 0) is 11.4 Å². The van der Waals surface area contributed by atoms with Gasteiger partial charge < -0.3 is 24.1 Å². The lowest BCUT2D eigenvalue weighted by Crippen LogP contribution is -2.33. The largest absolute Gasteiger partial charge is 0.503 e. The third-order valence-corrected chi connectivity index (χ3v) is 5.74. The normalized spacial score (nSPS) is 15.9. The van der Waals surface area contributed by atoms with Gasteiger partial charge in [0, 0.05) is 6.54 Å². The topological polar surface area (TPSA) is 83.2 Å². The van der Waals surface area contributed by atoms with Gasteiger partial charge in [-0.2, -0.15) is 0 Å². The highest BCUT2D eigenvalue weighted by Gasteiger charge is 2.44. The summed E-state index contributed by atoms with van der Waals surface area (Å²) in [5.41, 5.74) is 1.80. The predicted octanol–water partition coefficient (Wildman–Crippen LogP) is 4.39. The lowest BCUT2D eigenvalue weighted by Gasteiger charge is -2.27. The van der Waals surface area contributed by atoms with Crippen LogP contribution in [0.15, 0.2) is 88.7 Å². The molecule has 176 valence electrons. The van der Waals surface area contributed by atoms with Gasteiger partial charge in [0.15, 0.2) is 11.5 Å². The van der Waals surface area contributed by atoms with Gasteiger partial charge in [-0.1, -0.05) is 42.5 Å². The maximum atomic E-state index is 13.2. The van der Waals surface area contributed by atoms with E-state index in [4.69, 9.17) is 9.15 Å². The van der Waals surface area contributed by atoms with Crippen LogP contribution in [0.5, 0.6) is 5.75 Å². The second-order valence-corrected chi connectivity index (χ2v) is 8.47. The molecule has 0 saturated carbocycles. The highest BCUT2D eigenvalue weighted by molar-refractivity contribution is 6.15. The molecule has 2 heterocycles. The highest BCUT2D eigenvalue weighted by Crippen LogP contribution is 2.39. The predicted molar refractivity (Wildman–Crippen MR) is 128 cm³/mol. The Kier molecular flexibility index (Phi) is 7.13. The van der Waals surface area contributed by atoms with Crippen molar-refractivity contribution in [3.05, 3.63) is 101 Å². The molecule has 0 bridgehead atoms. The molecule has 0 saturated heterocycles. The first kappa shape index (κ1) is 23.3. The van der Waals surface area contributed by atoms with Crippen LogP contribution in [0.4, 0.5) is 0 Å². The molecule has 34 heavy (non-hydrogen) atoms. The summed E-state index contributed by atoms with van der Waals surface area (Å²) < 4.78 is 11.1. The molecule has 7 heteroatoms. The molecule has 1 aliphatic heterocycles. The van der Waals surface area contributed by atoms with Crippen LogP contribution >= 0.6 is 0 Å². The second-order valence-electron chi connectivity index (χ2n) is 8.47. The molecule has 1 aliphatic rings. The van der Waals surface area contributed by atoms with Crippen molar-refractivity contribution in [1.29, 1.82) is 0 Å². The van der Waals surface area contributed by atoms with E-state index < -0.39 is 23.5 Å². The zero-order valence-electron chi connectivity index (χ0n) is 19.3. The first-order valence-corrected chi connectivity index (χ1v) is 11.2. The van der Waals surface area contributed by atoms with Crippen LogP contribution in [0.25, 0.3) is 0 Å². The monoisotopic (exact) mass is 460 g/mol. The summed E-state index contributed by atoms with van der Waals surface area (Å²) in [6.45, 7) is 1.60. The van der Waals surface area contributed by atoms with E-state index in [2.05, 4.69) is 0 Å². The fourth-order valence-electron chi connectivity index (χ4n) is 4.05. The zero-order chi connectivity index (χ0) is 24.1. The molecule has 0 spiro atoms. The summed E-state index contributed by atoms with van der Waals surface area (Å²) in [5.74, 6) is -0.829. The van der Waals surface area contributed by atoms with E-state index in [1.54, 1.807) is 11.0 Å². The SMILES string of the molecule is CN(C)CCCN1C(=O)C(O)=C(C(=O)c2ccco2)[C@@H]1c1ccc(OCc2ccccc2)cc1. The lowest BCUT2D eigenvalue weighted by atomic mass is 9.95. The number of ketones is 1. The van der Waals surface area contributed by atoms with Gasteiger partial charge in [-0.05, 0) is 62.5 Å². The number of aliphatic hydroxyl groups excluding tert-OH is 1. The fraction of sp³-hybridized carbons (Fsp3) is 0.259. The Hall–Kier alpha value is -3.84. The van der Waals surface area contributed by atoms with Crippen LogP contribution in [-0.4, -0.2) is 53.8 Å². The van der Waals surface area contributed by atoms with E-state index in [1.807, 2.05) is 73.6 Å². The van der Waals surface area contributed by atoms with Crippen molar-refractivity contribution in [3.63, 3.8) is 0 Å². The summed E-state index contributed by atoms with van der Waals surface area (Å²) in [4.78, 5) is 29.7. The Morgan fingerprint density at radius 2 is 1.79 bits per heavy atom. The number of nitrogens with zero attached hydrogens (tertiary/aromatic N) is 2. The number of amides is 1. The van der Waals surface area contributed by atoms with Crippen LogP contribution < -0.4 is 4.74 Å². The molecule has 1 aromatic heterocycles. The van der Waals surface area contributed by atoms with Crippen molar-refractivity contribution in [3.8, 4) is 5.75 Å².